The van der Waals surface area contributed by atoms with E-state index in [1.165, 1.54) is 17.9 Å². The summed E-state index contributed by atoms with van der Waals surface area (Å²) in [5.41, 5.74) is 6.76. The second-order valence-corrected chi connectivity index (χ2v) is 7.05. The molecule has 3 nitrogen and oxygen atoms in total. The normalized spacial score (nSPS) is 25.2. The van der Waals surface area contributed by atoms with Crippen molar-refractivity contribution < 1.29 is 4.39 Å². The minimum atomic E-state index is -0.117. The molecule has 2 aliphatic heterocycles. The number of piperazine rings is 1. The van der Waals surface area contributed by atoms with Crippen LogP contribution in [0.1, 0.15) is 6.42 Å². The van der Waals surface area contributed by atoms with E-state index >= 15 is 0 Å². The maximum absolute atomic E-state index is 13.9. The fourth-order valence-corrected chi connectivity index (χ4v) is 4.83. The van der Waals surface area contributed by atoms with E-state index in [1.54, 1.807) is 12.1 Å². The van der Waals surface area contributed by atoms with Gasteiger partial charge in [0.1, 0.15) is 5.82 Å². The Balaban J connectivity index is 1.60. The van der Waals surface area contributed by atoms with Crippen molar-refractivity contribution in [2.24, 2.45) is 11.7 Å². The highest BCUT2D eigenvalue weighted by Crippen LogP contribution is 2.29. The molecule has 0 aliphatic carbocycles. The summed E-state index contributed by atoms with van der Waals surface area (Å²) in [7, 11) is 0. The van der Waals surface area contributed by atoms with E-state index in [-0.39, 0.29) is 5.82 Å². The van der Waals surface area contributed by atoms with Crippen molar-refractivity contribution in [3.05, 3.63) is 30.1 Å². The van der Waals surface area contributed by atoms with Crippen molar-refractivity contribution in [2.75, 3.05) is 49.1 Å². The molecule has 0 amide bonds. The molecule has 21 heavy (non-hydrogen) atoms. The molecular weight excluding hydrogens is 285 g/mol. The van der Waals surface area contributed by atoms with E-state index in [4.69, 9.17) is 5.73 Å². The average molecular weight is 309 g/mol. The standard InChI is InChI=1S/C16H24FN3S/c17-14-3-1-2-4-15(14)19-6-8-20(9-7-19)16(11-18)13-5-10-21-12-13/h1-4,13,16H,5-12,18H2. The number of benzene rings is 1. The van der Waals surface area contributed by atoms with Crippen LogP contribution in [0.5, 0.6) is 0 Å². The fraction of sp³-hybridized carbons (Fsp3) is 0.625. The summed E-state index contributed by atoms with van der Waals surface area (Å²) >= 11 is 2.05. The largest absolute Gasteiger partial charge is 0.367 e. The Bertz CT molecular complexity index is 457. The molecule has 2 fully saturated rings. The predicted molar refractivity (Wildman–Crippen MR) is 88.5 cm³/mol. The van der Waals surface area contributed by atoms with Gasteiger partial charge in [-0.05, 0) is 36.0 Å². The molecule has 2 unspecified atom stereocenters. The highest BCUT2D eigenvalue weighted by Gasteiger charge is 2.31. The maximum atomic E-state index is 13.9. The molecule has 2 aliphatic rings. The Labute approximate surface area is 130 Å². The number of hydrogen-bond acceptors (Lipinski definition) is 4. The summed E-state index contributed by atoms with van der Waals surface area (Å²) in [4.78, 5) is 4.68. The minimum absolute atomic E-state index is 0.117. The molecule has 3 rings (SSSR count). The van der Waals surface area contributed by atoms with Crippen LogP contribution in [-0.2, 0) is 0 Å². The number of anilines is 1. The second-order valence-electron chi connectivity index (χ2n) is 5.90. The Hall–Kier alpha value is -0.780. The van der Waals surface area contributed by atoms with Gasteiger partial charge in [0.05, 0.1) is 5.69 Å². The number of rotatable bonds is 4. The lowest BCUT2D eigenvalue weighted by Gasteiger charge is -2.41. The highest BCUT2D eigenvalue weighted by molar-refractivity contribution is 7.99. The van der Waals surface area contributed by atoms with Gasteiger partial charge in [0.25, 0.3) is 0 Å². The summed E-state index contributed by atoms with van der Waals surface area (Å²) in [6, 6.07) is 7.57. The maximum Gasteiger partial charge on any atom is 0.146 e. The average Bonchev–Trinajstić information content (AvgIpc) is 3.04. The van der Waals surface area contributed by atoms with Crippen LogP contribution in [0.3, 0.4) is 0 Å². The van der Waals surface area contributed by atoms with Gasteiger partial charge in [0.15, 0.2) is 0 Å². The summed E-state index contributed by atoms with van der Waals surface area (Å²) in [6.07, 6.45) is 1.29. The van der Waals surface area contributed by atoms with Crippen LogP contribution in [0.2, 0.25) is 0 Å². The molecule has 2 atom stereocenters. The lowest BCUT2D eigenvalue weighted by molar-refractivity contribution is 0.146. The minimum Gasteiger partial charge on any atom is -0.367 e. The van der Waals surface area contributed by atoms with Gasteiger partial charge in [0.2, 0.25) is 0 Å². The lowest BCUT2D eigenvalue weighted by atomic mass is 9.97. The fourth-order valence-electron chi connectivity index (χ4n) is 3.50. The molecule has 0 aromatic heterocycles. The summed E-state index contributed by atoms with van der Waals surface area (Å²) < 4.78 is 13.9. The lowest BCUT2D eigenvalue weighted by Crippen LogP contribution is -2.55. The van der Waals surface area contributed by atoms with Gasteiger partial charge < -0.3 is 10.6 Å². The summed E-state index contributed by atoms with van der Waals surface area (Å²) in [5.74, 6) is 3.14. The van der Waals surface area contributed by atoms with Crippen LogP contribution in [0, 0.1) is 11.7 Å². The number of para-hydroxylation sites is 1. The first-order valence-corrected chi connectivity index (χ1v) is 8.96. The van der Waals surface area contributed by atoms with E-state index in [0.717, 1.165) is 44.3 Å². The number of nitrogens with zero attached hydrogens (tertiary/aromatic N) is 2. The topological polar surface area (TPSA) is 32.5 Å². The first-order valence-electron chi connectivity index (χ1n) is 7.81. The molecule has 0 bridgehead atoms. The van der Waals surface area contributed by atoms with Crippen molar-refractivity contribution in [2.45, 2.75) is 12.5 Å². The van der Waals surface area contributed by atoms with Crippen LogP contribution >= 0.6 is 11.8 Å². The van der Waals surface area contributed by atoms with Gasteiger partial charge in [-0.25, -0.2) is 4.39 Å². The monoisotopic (exact) mass is 309 g/mol. The molecule has 116 valence electrons. The van der Waals surface area contributed by atoms with Crippen molar-refractivity contribution in [1.82, 2.24) is 4.90 Å². The van der Waals surface area contributed by atoms with Crippen molar-refractivity contribution in [3.8, 4) is 0 Å². The Morgan fingerprint density at radius 3 is 2.62 bits per heavy atom. The van der Waals surface area contributed by atoms with Gasteiger partial charge in [0, 0.05) is 38.8 Å². The third kappa shape index (κ3) is 3.35. The zero-order valence-electron chi connectivity index (χ0n) is 12.4. The smallest absolute Gasteiger partial charge is 0.146 e. The van der Waals surface area contributed by atoms with E-state index in [2.05, 4.69) is 9.80 Å². The Kier molecular flexibility index (Phi) is 5.03. The number of halogens is 1. The van der Waals surface area contributed by atoms with E-state index in [0.29, 0.717) is 6.04 Å². The SMILES string of the molecule is NCC(C1CCSC1)N1CCN(c2ccccc2F)CC1. The first-order chi connectivity index (χ1) is 10.3. The number of nitrogens with two attached hydrogens (primary N) is 1. The van der Waals surface area contributed by atoms with Gasteiger partial charge in [-0.3, -0.25) is 4.90 Å². The third-order valence-corrected chi connectivity index (χ3v) is 5.92. The van der Waals surface area contributed by atoms with Crippen LogP contribution in [0.4, 0.5) is 10.1 Å². The molecule has 1 aromatic rings. The van der Waals surface area contributed by atoms with Gasteiger partial charge >= 0.3 is 0 Å². The summed E-state index contributed by atoms with van der Waals surface area (Å²) in [5, 5.41) is 0. The molecule has 2 heterocycles. The van der Waals surface area contributed by atoms with Crippen LogP contribution < -0.4 is 10.6 Å². The zero-order valence-corrected chi connectivity index (χ0v) is 13.2. The zero-order chi connectivity index (χ0) is 14.7. The first kappa shape index (κ1) is 15.1. The quantitative estimate of drug-likeness (QED) is 0.922. The predicted octanol–water partition coefficient (Wildman–Crippen LogP) is 2.03. The third-order valence-electron chi connectivity index (χ3n) is 4.73. The molecule has 0 saturated carbocycles. The molecule has 2 saturated heterocycles. The Morgan fingerprint density at radius 2 is 2.00 bits per heavy atom. The molecule has 2 N–H and O–H groups in total. The van der Waals surface area contributed by atoms with Gasteiger partial charge in [-0.2, -0.15) is 11.8 Å². The Morgan fingerprint density at radius 1 is 1.24 bits per heavy atom. The van der Waals surface area contributed by atoms with Crippen LogP contribution in [0.15, 0.2) is 24.3 Å². The second kappa shape index (κ2) is 6.99. The van der Waals surface area contributed by atoms with E-state index < -0.39 is 0 Å². The highest BCUT2D eigenvalue weighted by atomic mass is 32.2. The van der Waals surface area contributed by atoms with Crippen molar-refractivity contribution in [3.63, 3.8) is 0 Å². The van der Waals surface area contributed by atoms with E-state index in [1.807, 2.05) is 23.9 Å². The molecule has 1 aromatic carbocycles. The molecule has 0 spiro atoms. The van der Waals surface area contributed by atoms with Crippen molar-refractivity contribution in [1.29, 1.82) is 0 Å². The summed E-state index contributed by atoms with van der Waals surface area (Å²) in [6.45, 7) is 4.48. The van der Waals surface area contributed by atoms with Crippen molar-refractivity contribution >= 4 is 17.4 Å². The number of hydrogen-bond donors (Lipinski definition) is 1. The molecule has 0 radical (unpaired) electrons. The van der Waals surface area contributed by atoms with Crippen LogP contribution in [0.25, 0.3) is 0 Å². The molecule has 5 heteroatoms. The van der Waals surface area contributed by atoms with Gasteiger partial charge in [-0.1, -0.05) is 12.1 Å². The van der Waals surface area contributed by atoms with Gasteiger partial charge in [-0.15, -0.1) is 0 Å². The molecular formula is C16H24FN3S. The number of thioether (sulfide) groups is 1. The van der Waals surface area contributed by atoms with E-state index in [9.17, 15) is 4.39 Å². The van der Waals surface area contributed by atoms with Crippen LogP contribution in [-0.4, -0.2) is 55.2 Å².